The molecule has 2 aromatic carbocycles. The van der Waals surface area contributed by atoms with Gasteiger partial charge in [0.05, 0.1) is 11.8 Å². The summed E-state index contributed by atoms with van der Waals surface area (Å²) in [7, 11) is 0. The van der Waals surface area contributed by atoms with E-state index in [-0.39, 0.29) is 41.4 Å². The molecule has 1 N–H and O–H groups in total. The fraction of sp³-hybridized carbons (Fsp3) is 0.320. The molecule has 3 amide bonds. The fourth-order valence-electron chi connectivity index (χ4n) is 5.23. The normalized spacial score (nSPS) is 27.4. The van der Waals surface area contributed by atoms with Crippen molar-refractivity contribution in [2.45, 2.75) is 25.8 Å². The Bertz CT molecular complexity index is 998. The van der Waals surface area contributed by atoms with Crippen LogP contribution >= 0.6 is 0 Å². The van der Waals surface area contributed by atoms with E-state index in [0.29, 0.717) is 12.1 Å². The number of hydrogen-bond donors (Lipinski definition) is 1. The largest absolute Gasteiger partial charge is 0.324 e. The summed E-state index contributed by atoms with van der Waals surface area (Å²) in [4.78, 5) is 41.2. The Labute approximate surface area is 175 Å². The number of anilines is 1. The van der Waals surface area contributed by atoms with E-state index in [9.17, 15) is 14.4 Å². The van der Waals surface area contributed by atoms with Crippen molar-refractivity contribution in [3.8, 4) is 0 Å². The summed E-state index contributed by atoms with van der Waals surface area (Å²) in [6, 6.07) is 16.2. The zero-order valence-electron chi connectivity index (χ0n) is 16.8. The summed E-state index contributed by atoms with van der Waals surface area (Å²) < 4.78 is 0. The SMILES string of the molecule is Cc1ccc(NC(=O)[C@H](Cc2ccccc2)N2C(=O)[C@@H]3[C@@H](C2=O)[C@H]2C=C[C@H]3C2)cc1. The highest BCUT2D eigenvalue weighted by molar-refractivity contribution is 6.10. The summed E-state index contributed by atoms with van der Waals surface area (Å²) >= 11 is 0. The van der Waals surface area contributed by atoms with Crippen LogP contribution in [0.2, 0.25) is 0 Å². The topological polar surface area (TPSA) is 66.5 Å². The second kappa shape index (κ2) is 7.24. The van der Waals surface area contributed by atoms with Gasteiger partial charge in [0.1, 0.15) is 6.04 Å². The standard InChI is InChI=1S/C25H24N2O3/c1-15-7-11-19(12-8-15)26-23(28)20(13-16-5-3-2-4-6-16)27-24(29)21-17-9-10-18(14-17)22(21)25(27)30/h2-12,17-18,20-22H,13-14H2,1H3,(H,26,28)/t17-,18-,20-,21-,22-/m0/s1. The third-order valence-corrected chi connectivity index (χ3v) is 6.71. The molecule has 5 heteroatoms. The van der Waals surface area contributed by atoms with E-state index in [1.54, 1.807) is 0 Å². The molecule has 5 atom stereocenters. The Balaban J connectivity index is 1.45. The van der Waals surface area contributed by atoms with Gasteiger partial charge in [0, 0.05) is 12.1 Å². The van der Waals surface area contributed by atoms with E-state index in [4.69, 9.17) is 0 Å². The van der Waals surface area contributed by atoms with Crippen LogP contribution in [0.5, 0.6) is 0 Å². The van der Waals surface area contributed by atoms with Gasteiger partial charge in [0.25, 0.3) is 0 Å². The second-order valence-corrected chi connectivity index (χ2v) is 8.61. The van der Waals surface area contributed by atoms with Crippen LogP contribution in [0.1, 0.15) is 17.5 Å². The molecule has 2 aliphatic carbocycles. The Hall–Kier alpha value is -3.21. The van der Waals surface area contributed by atoms with E-state index in [1.807, 2.05) is 61.5 Å². The summed E-state index contributed by atoms with van der Waals surface area (Å²) in [5, 5.41) is 2.91. The molecular weight excluding hydrogens is 376 g/mol. The molecule has 2 fully saturated rings. The van der Waals surface area contributed by atoms with Gasteiger partial charge in [0.2, 0.25) is 17.7 Å². The predicted octanol–water partition coefficient (Wildman–Crippen LogP) is 3.35. The maximum absolute atomic E-state index is 13.3. The molecule has 152 valence electrons. The predicted molar refractivity (Wildman–Crippen MR) is 113 cm³/mol. The Kier molecular flexibility index (Phi) is 4.54. The zero-order chi connectivity index (χ0) is 20.8. The van der Waals surface area contributed by atoms with Crippen molar-refractivity contribution >= 4 is 23.4 Å². The molecule has 1 saturated heterocycles. The number of rotatable bonds is 5. The molecule has 1 saturated carbocycles. The molecule has 1 aliphatic heterocycles. The van der Waals surface area contributed by atoms with E-state index in [0.717, 1.165) is 17.5 Å². The highest BCUT2D eigenvalue weighted by Gasteiger charge is 2.61. The minimum Gasteiger partial charge on any atom is -0.324 e. The van der Waals surface area contributed by atoms with Crippen molar-refractivity contribution in [3.05, 3.63) is 77.9 Å². The first-order valence-electron chi connectivity index (χ1n) is 10.5. The van der Waals surface area contributed by atoms with Gasteiger partial charge >= 0.3 is 0 Å². The first kappa shape index (κ1) is 18.8. The zero-order valence-corrected chi connectivity index (χ0v) is 16.8. The minimum absolute atomic E-state index is 0.124. The number of amides is 3. The summed E-state index contributed by atoms with van der Waals surface area (Å²) in [6.45, 7) is 1.98. The molecule has 30 heavy (non-hydrogen) atoms. The van der Waals surface area contributed by atoms with E-state index in [1.165, 1.54) is 4.90 Å². The third-order valence-electron chi connectivity index (χ3n) is 6.71. The number of likely N-dealkylation sites (tertiary alicyclic amines) is 1. The van der Waals surface area contributed by atoms with Crippen LogP contribution in [0, 0.1) is 30.6 Å². The lowest BCUT2D eigenvalue weighted by Crippen LogP contribution is -2.49. The maximum atomic E-state index is 13.3. The van der Waals surface area contributed by atoms with Gasteiger partial charge < -0.3 is 5.32 Å². The van der Waals surface area contributed by atoms with Gasteiger partial charge in [-0.25, -0.2) is 0 Å². The monoisotopic (exact) mass is 400 g/mol. The molecule has 2 aromatic rings. The molecule has 2 bridgehead atoms. The van der Waals surface area contributed by atoms with Crippen molar-refractivity contribution in [2.75, 3.05) is 5.32 Å². The molecule has 0 unspecified atom stereocenters. The number of nitrogens with zero attached hydrogens (tertiary/aromatic N) is 1. The Morgan fingerprint density at radius 1 is 0.967 bits per heavy atom. The van der Waals surface area contributed by atoms with Gasteiger partial charge in [-0.05, 0) is 42.9 Å². The van der Waals surface area contributed by atoms with Crippen LogP contribution in [0.15, 0.2) is 66.7 Å². The molecule has 0 spiro atoms. The van der Waals surface area contributed by atoms with Gasteiger partial charge in [0.15, 0.2) is 0 Å². The molecule has 3 aliphatic rings. The van der Waals surface area contributed by atoms with Gasteiger partial charge in [-0.3, -0.25) is 19.3 Å². The van der Waals surface area contributed by atoms with Gasteiger partial charge in [-0.2, -0.15) is 0 Å². The van der Waals surface area contributed by atoms with Crippen molar-refractivity contribution in [1.29, 1.82) is 0 Å². The quantitative estimate of drug-likeness (QED) is 0.618. The van der Waals surface area contributed by atoms with Crippen molar-refractivity contribution in [2.24, 2.45) is 23.7 Å². The lowest BCUT2D eigenvalue weighted by atomic mass is 9.85. The van der Waals surface area contributed by atoms with Crippen LogP contribution in [-0.2, 0) is 20.8 Å². The van der Waals surface area contributed by atoms with Crippen LogP contribution < -0.4 is 5.32 Å². The maximum Gasteiger partial charge on any atom is 0.248 e. The number of carbonyl (C=O) groups excluding carboxylic acids is 3. The van der Waals surface area contributed by atoms with Crippen LogP contribution in [0.4, 0.5) is 5.69 Å². The molecule has 1 heterocycles. The van der Waals surface area contributed by atoms with Gasteiger partial charge in [-0.15, -0.1) is 0 Å². The molecular formula is C25H24N2O3. The van der Waals surface area contributed by atoms with Crippen LogP contribution in [0.25, 0.3) is 0 Å². The Morgan fingerprint density at radius 2 is 1.57 bits per heavy atom. The highest BCUT2D eigenvalue weighted by atomic mass is 16.2. The first-order chi connectivity index (χ1) is 14.5. The number of nitrogens with one attached hydrogen (secondary N) is 1. The van der Waals surface area contributed by atoms with Crippen molar-refractivity contribution in [1.82, 2.24) is 4.90 Å². The average molecular weight is 400 g/mol. The summed E-state index contributed by atoms with van der Waals surface area (Å²) in [6.07, 6.45) is 5.32. The van der Waals surface area contributed by atoms with Crippen molar-refractivity contribution < 1.29 is 14.4 Å². The minimum atomic E-state index is -0.862. The average Bonchev–Trinajstić information content (AvgIpc) is 3.43. The number of allylic oxidation sites excluding steroid dienone is 2. The number of benzene rings is 2. The van der Waals surface area contributed by atoms with E-state index in [2.05, 4.69) is 17.5 Å². The summed E-state index contributed by atoms with van der Waals surface area (Å²) in [5.74, 6) is -1.08. The lowest BCUT2D eigenvalue weighted by molar-refractivity contribution is -0.147. The van der Waals surface area contributed by atoms with Gasteiger partial charge in [-0.1, -0.05) is 60.2 Å². The fourth-order valence-corrected chi connectivity index (χ4v) is 5.23. The lowest BCUT2D eigenvalue weighted by Gasteiger charge is -2.27. The molecule has 5 rings (SSSR count). The Morgan fingerprint density at radius 3 is 2.17 bits per heavy atom. The molecule has 0 aromatic heterocycles. The number of aryl methyl sites for hydroxylation is 1. The molecule has 0 radical (unpaired) electrons. The van der Waals surface area contributed by atoms with E-state index < -0.39 is 6.04 Å². The number of hydrogen-bond acceptors (Lipinski definition) is 3. The van der Waals surface area contributed by atoms with Crippen molar-refractivity contribution in [3.63, 3.8) is 0 Å². The van der Waals surface area contributed by atoms with E-state index >= 15 is 0 Å². The highest BCUT2D eigenvalue weighted by Crippen LogP contribution is 2.53. The second-order valence-electron chi connectivity index (χ2n) is 8.61. The number of carbonyl (C=O) groups is 3. The molecule has 5 nitrogen and oxygen atoms in total. The number of imide groups is 1. The smallest absolute Gasteiger partial charge is 0.248 e. The summed E-state index contributed by atoms with van der Waals surface area (Å²) in [5.41, 5.74) is 2.67. The first-order valence-corrected chi connectivity index (χ1v) is 10.5. The van der Waals surface area contributed by atoms with Crippen LogP contribution in [0.3, 0.4) is 0 Å². The third kappa shape index (κ3) is 3.05. The van der Waals surface area contributed by atoms with Crippen LogP contribution in [-0.4, -0.2) is 28.7 Å². The number of fused-ring (bicyclic) bond motifs is 5.